The molecule has 2 atom stereocenters. The monoisotopic (exact) mass is 344 g/mol. The molecule has 0 spiro atoms. The molecule has 1 fully saturated rings. The summed E-state index contributed by atoms with van der Waals surface area (Å²) < 4.78 is 15.5. The fourth-order valence-corrected chi connectivity index (χ4v) is 2.98. The molecule has 2 heterocycles. The first-order valence-electron chi connectivity index (χ1n) is 8.28. The second-order valence-corrected chi connectivity index (χ2v) is 6.48. The highest BCUT2D eigenvalue weighted by atomic mass is 19.1. The third kappa shape index (κ3) is 3.87. The Bertz CT molecular complexity index is 775. The number of benzene rings is 1. The summed E-state index contributed by atoms with van der Waals surface area (Å²) in [6.45, 7) is 4.39. The predicted molar refractivity (Wildman–Crippen MR) is 91.4 cm³/mol. The van der Waals surface area contributed by atoms with Gasteiger partial charge in [0, 0.05) is 37.1 Å². The molecule has 6 nitrogen and oxygen atoms in total. The second kappa shape index (κ2) is 7.04. The molecule has 2 aromatic rings. The number of nitrogens with one attached hydrogen (secondary N) is 1. The lowest BCUT2D eigenvalue weighted by Gasteiger charge is -2.19. The molecule has 7 heteroatoms. The Hall–Kier alpha value is -2.70. The van der Waals surface area contributed by atoms with Gasteiger partial charge in [0.2, 0.25) is 11.8 Å². The smallest absolute Gasteiger partial charge is 0.227 e. The molecule has 1 N–H and O–H groups in total. The maximum atomic E-state index is 13.7. The number of halogens is 1. The van der Waals surface area contributed by atoms with Gasteiger partial charge in [-0.25, -0.2) is 4.39 Å². The van der Waals surface area contributed by atoms with E-state index in [1.54, 1.807) is 29.9 Å². The topological polar surface area (TPSA) is 67.2 Å². The van der Waals surface area contributed by atoms with Crippen molar-refractivity contribution in [1.29, 1.82) is 0 Å². The first kappa shape index (κ1) is 17.1. The van der Waals surface area contributed by atoms with Gasteiger partial charge in [0.05, 0.1) is 12.5 Å². The lowest BCUT2D eigenvalue weighted by atomic mass is 10.1. The van der Waals surface area contributed by atoms with Crippen LogP contribution < -0.4 is 10.2 Å². The Morgan fingerprint density at radius 1 is 1.48 bits per heavy atom. The lowest BCUT2D eigenvalue weighted by molar-refractivity contribution is -0.126. The van der Waals surface area contributed by atoms with Crippen LogP contribution >= 0.6 is 0 Å². The van der Waals surface area contributed by atoms with Gasteiger partial charge >= 0.3 is 0 Å². The van der Waals surface area contributed by atoms with Crippen LogP contribution in [-0.4, -0.2) is 34.2 Å². The number of aryl methyl sites for hydroxylation is 1. The van der Waals surface area contributed by atoms with E-state index in [0.717, 1.165) is 0 Å². The van der Waals surface area contributed by atoms with Crippen molar-refractivity contribution in [3.8, 4) is 0 Å². The zero-order valence-corrected chi connectivity index (χ0v) is 14.3. The number of aromatic nitrogens is 2. The van der Waals surface area contributed by atoms with Crippen LogP contribution in [0.5, 0.6) is 0 Å². The van der Waals surface area contributed by atoms with E-state index in [1.807, 2.05) is 19.2 Å². The van der Waals surface area contributed by atoms with Crippen LogP contribution in [0.4, 0.5) is 10.1 Å². The summed E-state index contributed by atoms with van der Waals surface area (Å²) in [4.78, 5) is 26.1. The van der Waals surface area contributed by atoms with Gasteiger partial charge in [-0.3, -0.25) is 14.3 Å². The number of carbonyl (C=O) groups is 2. The standard InChI is InChI=1S/C18H21FN4O2/c1-12-4-5-15(9-16(12)19)23-11-14(8-17(23)24)18(25)21-13(2)10-22-7-3-6-20-22/h3-7,9,13-14H,8,10-11H2,1-2H3,(H,21,25)/t13-,14-/m1/s1. The van der Waals surface area contributed by atoms with Crippen LogP contribution in [0.15, 0.2) is 36.7 Å². The van der Waals surface area contributed by atoms with Gasteiger partial charge < -0.3 is 10.2 Å². The molecule has 132 valence electrons. The highest BCUT2D eigenvalue weighted by Crippen LogP contribution is 2.26. The molecule has 0 bridgehead atoms. The van der Waals surface area contributed by atoms with Crippen molar-refractivity contribution in [2.45, 2.75) is 32.9 Å². The normalized spacial score (nSPS) is 18.4. The molecule has 1 saturated heterocycles. The predicted octanol–water partition coefficient (Wildman–Crippen LogP) is 1.89. The average Bonchev–Trinajstić information content (AvgIpc) is 3.19. The highest BCUT2D eigenvalue weighted by molar-refractivity contribution is 6.00. The van der Waals surface area contributed by atoms with E-state index < -0.39 is 5.92 Å². The Morgan fingerprint density at radius 3 is 2.96 bits per heavy atom. The number of anilines is 1. The molecule has 2 amide bonds. The van der Waals surface area contributed by atoms with Gasteiger partial charge in [0.25, 0.3) is 0 Å². The van der Waals surface area contributed by atoms with Crippen molar-refractivity contribution in [3.05, 3.63) is 48.0 Å². The number of hydrogen-bond acceptors (Lipinski definition) is 3. The van der Waals surface area contributed by atoms with Crippen LogP contribution in [-0.2, 0) is 16.1 Å². The van der Waals surface area contributed by atoms with Gasteiger partial charge in [0.1, 0.15) is 5.82 Å². The van der Waals surface area contributed by atoms with Crippen molar-refractivity contribution in [1.82, 2.24) is 15.1 Å². The van der Waals surface area contributed by atoms with E-state index >= 15 is 0 Å². The molecular weight excluding hydrogens is 323 g/mol. The van der Waals surface area contributed by atoms with Crippen molar-refractivity contribution in [2.75, 3.05) is 11.4 Å². The number of nitrogens with zero attached hydrogens (tertiary/aromatic N) is 3. The molecule has 1 aliphatic heterocycles. The minimum absolute atomic E-state index is 0.103. The van der Waals surface area contributed by atoms with Crippen LogP contribution in [0, 0.1) is 18.7 Å². The zero-order valence-electron chi connectivity index (χ0n) is 14.3. The second-order valence-electron chi connectivity index (χ2n) is 6.48. The summed E-state index contributed by atoms with van der Waals surface area (Å²) in [5.74, 6) is -1.12. The molecule has 0 unspecified atom stereocenters. The highest BCUT2D eigenvalue weighted by Gasteiger charge is 2.35. The quantitative estimate of drug-likeness (QED) is 0.901. The first-order valence-corrected chi connectivity index (χ1v) is 8.28. The van der Waals surface area contributed by atoms with Gasteiger partial charge in [-0.1, -0.05) is 6.07 Å². The third-order valence-electron chi connectivity index (χ3n) is 4.37. The fourth-order valence-electron chi connectivity index (χ4n) is 2.98. The summed E-state index contributed by atoms with van der Waals surface area (Å²) in [5, 5.41) is 7.03. The van der Waals surface area contributed by atoms with Crippen LogP contribution in [0.3, 0.4) is 0 Å². The van der Waals surface area contributed by atoms with Crippen molar-refractivity contribution < 1.29 is 14.0 Å². The van der Waals surface area contributed by atoms with Gasteiger partial charge in [-0.15, -0.1) is 0 Å². The number of rotatable bonds is 5. The van der Waals surface area contributed by atoms with Crippen molar-refractivity contribution >= 4 is 17.5 Å². The minimum atomic E-state index is -0.433. The number of amides is 2. The largest absolute Gasteiger partial charge is 0.351 e. The van der Waals surface area contributed by atoms with Crippen LogP contribution in [0.25, 0.3) is 0 Å². The van der Waals surface area contributed by atoms with E-state index in [0.29, 0.717) is 17.8 Å². The summed E-state index contributed by atoms with van der Waals surface area (Å²) in [6.07, 6.45) is 3.65. The van der Waals surface area contributed by atoms with E-state index in [1.165, 1.54) is 11.0 Å². The molecule has 1 aliphatic rings. The summed E-state index contributed by atoms with van der Waals surface area (Å²) in [7, 11) is 0. The molecule has 3 rings (SSSR count). The Kier molecular flexibility index (Phi) is 4.83. The van der Waals surface area contributed by atoms with Gasteiger partial charge in [0.15, 0.2) is 0 Å². The molecule has 1 aromatic heterocycles. The van der Waals surface area contributed by atoms with E-state index in [9.17, 15) is 14.0 Å². The summed E-state index contributed by atoms with van der Waals surface area (Å²) >= 11 is 0. The summed E-state index contributed by atoms with van der Waals surface area (Å²) in [6, 6.07) is 6.40. The van der Waals surface area contributed by atoms with Gasteiger partial charge in [-0.05, 0) is 37.6 Å². The summed E-state index contributed by atoms with van der Waals surface area (Å²) in [5.41, 5.74) is 1.02. The maximum absolute atomic E-state index is 13.7. The SMILES string of the molecule is Cc1ccc(N2C[C@H](C(=O)N[C@H](C)Cn3cccn3)CC2=O)cc1F. The molecule has 0 radical (unpaired) electrons. The molecule has 25 heavy (non-hydrogen) atoms. The fraction of sp³-hybridized carbons (Fsp3) is 0.389. The van der Waals surface area contributed by atoms with E-state index in [-0.39, 0.29) is 36.6 Å². The first-order chi connectivity index (χ1) is 11.9. The Balaban J connectivity index is 1.61. The van der Waals surface area contributed by atoms with E-state index in [2.05, 4.69) is 10.4 Å². The Morgan fingerprint density at radius 2 is 2.28 bits per heavy atom. The molecule has 0 aliphatic carbocycles. The minimum Gasteiger partial charge on any atom is -0.351 e. The molecule has 1 aromatic carbocycles. The Labute approximate surface area is 145 Å². The zero-order chi connectivity index (χ0) is 18.0. The van der Waals surface area contributed by atoms with Crippen LogP contribution in [0.1, 0.15) is 18.9 Å². The number of carbonyl (C=O) groups excluding carboxylic acids is 2. The van der Waals surface area contributed by atoms with Gasteiger partial charge in [-0.2, -0.15) is 5.10 Å². The van der Waals surface area contributed by atoms with Crippen LogP contribution in [0.2, 0.25) is 0 Å². The van der Waals surface area contributed by atoms with Crippen molar-refractivity contribution in [2.24, 2.45) is 5.92 Å². The van der Waals surface area contributed by atoms with Crippen molar-refractivity contribution in [3.63, 3.8) is 0 Å². The molecule has 0 saturated carbocycles. The third-order valence-corrected chi connectivity index (χ3v) is 4.37. The lowest BCUT2D eigenvalue weighted by Crippen LogP contribution is -2.40. The van der Waals surface area contributed by atoms with E-state index in [4.69, 9.17) is 0 Å². The maximum Gasteiger partial charge on any atom is 0.227 e. The average molecular weight is 344 g/mol. The number of hydrogen-bond donors (Lipinski definition) is 1. The molecular formula is C18H21FN4O2.